The van der Waals surface area contributed by atoms with Crippen molar-refractivity contribution in [2.75, 3.05) is 7.11 Å². The van der Waals surface area contributed by atoms with Crippen molar-refractivity contribution in [1.82, 2.24) is 14.9 Å². The highest BCUT2D eigenvalue weighted by Crippen LogP contribution is 2.26. The van der Waals surface area contributed by atoms with Gasteiger partial charge < -0.3 is 19.4 Å². The van der Waals surface area contributed by atoms with Crippen LogP contribution in [0.15, 0.2) is 78.5 Å². The summed E-state index contributed by atoms with van der Waals surface area (Å²) in [5, 5.41) is 23.2. The minimum Gasteiger partial charge on any atom is -0.497 e. The number of methoxy groups -OCH3 is 1. The summed E-state index contributed by atoms with van der Waals surface area (Å²) in [7, 11) is 1.59. The Balaban J connectivity index is 1.47. The van der Waals surface area contributed by atoms with Gasteiger partial charge in [-0.15, -0.1) is 0 Å². The van der Waals surface area contributed by atoms with E-state index < -0.39 is 10.8 Å². The number of nitrogens with one attached hydrogen (secondary N) is 1. The molecule has 1 N–H and O–H groups in total. The highest BCUT2D eigenvalue weighted by Gasteiger charge is 2.14. The van der Waals surface area contributed by atoms with Crippen molar-refractivity contribution in [1.29, 1.82) is 5.26 Å². The summed E-state index contributed by atoms with van der Waals surface area (Å²) in [5.41, 5.74) is 4.15. The molecule has 0 fully saturated rings. The molecule has 39 heavy (non-hydrogen) atoms. The second kappa shape index (κ2) is 11.7. The minimum absolute atomic E-state index is 0.00288. The Labute approximate surface area is 224 Å². The molecule has 0 saturated carbocycles. The monoisotopic (exact) mass is 523 g/mol. The molecule has 2 aromatic carbocycles. The molecule has 10 heteroatoms. The van der Waals surface area contributed by atoms with E-state index >= 15 is 0 Å². The predicted octanol–water partition coefficient (Wildman–Crippen LogP) is 5.42. The van der Waals surface area contributed by atoms with E-state index in [1.54, 1.807) is 25.3 Å². The molecule has 1 amide bonds. The average molecular weight is 524 g/mol. The second-order valence-corrected chi connectivity index (χ2v) is 8.57. The van der Waals surface area contributed by atoms with Crippen LogP contribution in [0.5, 0.6) is 17.4 Å². The van der Waals surface area contributed by atoms with Crippen LogP contribution in [0.25, 0.3) is 11.8 Å². The smallest absolute Gasteiger partial charge is 0.287 e. The fraction of sp³-hybridized carbons (Fsp3) is 0.138. The van der Waals surface area contributed by atoms with E-state index in [0.29, 0.717) is 5.75 Å². The average Bonchev–Trinajstić information content (AvgIpc) is 3.23. The maximum Gasteiger partial charge on any atom is 0.287 e. The van der Waals surface area contributed by atoms with Crippen molar-refractivity contribution in [2.45, 2.75) is 20.4 Å². The normalized spacial score (nSPS) is 11.0. The molecule has 0 bridgehead atoms. The number of aromatic nitrogens is 2. The molecule has 4 rings (SSSR count). The molecule has 0 aliphatic heterocycles. The van der Waals surface area contributed by atoms with E-state index in [2.05, 4.69) is 10.3 Å². The summed E-state index contributed by atoms with van der Waals surface area (Å²) in [6, 6.07) is 21.2. The van der Waals surface area contributed by atoms with E-state index in [0.717, 1.165) is 40.1 Å². The number of pyridine rings is 1. The zero-order valence-corrected chi connectivity index (χ0v) is 21.5. The number of ether oxygens (including phenoxy) is 2. The molecule has 2 aromatic heterocycles. The van der Waals surface area contributed by atoms with Gasteiger partial charge in [-0.2, -0.15) is 5.26 Å². The molecular weight excluding hydrogens is 498 g/mol. The number of amides is 1. The zero-order valence-electron chi connectivity index (χ0n) is 21.5. The molecule has 196 valence electrons. The third-order valence-electron chi connectivity index (χ3n) is 6.00. The number of hydrogen-bond acceptors (Lipinski definition) is 7. The van der Waals surface area contributed by atoms with Gasteiger partial charge in [0.2, 0.25) is 5.88 Å². The number of nitro groups is 1. The Morgan fingerprint density at radius 2 is 1.79 bits per heavy atom. The number of rotatable bonds is 9. The van der Waals surface area contributed by atoms with Crippen LogP contribution in [0.2, 0.25) is 0 Å². The maximum absolute atomic E-state index is 12.7. The molecule has 0 aliphatic rings. The SMILES string of the molecule is COc1ccc(CNC(=O)/C(C#N)=C\c2cc(C)n(-c3ccc(Oc4ccc([N+](=O)[O-])cn4)cc3)c2C)cc1. The Kier molecular flexibility index (Phi) is 8.02. The van der Waals surface area contributed by atoms with Gasteiger partial charge in [0.25, 0.3) is 11.6 Å². The lowest BCUT2D eigenvalue weighted by atomic mass is 10.1. The van der Waals surface area contributed by atoms with E-state index in [-0.39, 0.29) is 23.7 Å². The van der Waals surface area contributed by atoms with Crippen molar-refractivity contribution in [3.05, 3.63) is 111 Å². The quantitative estimate of drug-likeness (QED) is 0.134. The lowest BCUT2D eigenvalue weighted by Crippen LogP contribution is -2.23. The van der Waals surface area contributed by atoms with Gasteiger partial charge in [-0.3, -0.25) is 14.9 Å². The first-order valence-electron chi connectivity index (χ1n) is 11.9. The van der Waals surface area contributed by atoms with Crippen molar-refractivity contribution < 1.29 is 19.2 Å². The van der Waals surface area contributed by atoms with Gasteiger partial charge in [0.05, 0.1) is 12.0 Å². The number of aryl methyl sites for hydroxylation is 1. The first kappa shape index (κ1) is 26.6. The predicted molar refractivity (Wildman–Crippen MR) is 145 cm³/mol. The minimum atomic E-state index is -0.522. The highest BCUT2D eigenvalue weighted by atomic mass is 16.6. The summed E-state index contributed by atoms with van der Waals surface area (Å²) in [4.78, 5) is 26.9. The number of nitrogens with zero attached hydrogens (tertiary/aromatic N) is 4. The first-order valence-corrected chi connectivity index (χ1v) is 11.9. The number of carbonyl (C=O) groups excluding carboxylic acids is 1. The van der Waals surface area contributed by atoms with E-state index in [9.17, 15) is 20.2 Å². The fourth-order valence-corrected chi connectivity index (χ4v) is 3.98. The molecule has 0 atom stereocenters. The van der Waals surface area contributed by atoms with Gasteiger partial charge in [-0.1, -0.05) is 12.1 Å². The van der Waals surface area contributed by atoms with Gasteiger partial charge in [-0.05, 0) is 73.5 Å². The van der Waals surface area contributed by atoms with Crippen molar-refractivity contribution >= 4 is 17.7 Å². The molecule has 0 spiro atoms. The molecule has 10 nitrogen and oxygen atoms in total. The Bertz CT molecular complexity index is 1560. The molecular formula is C29H25N5O5. The third kappa shape index (κ3) is 6.29. The number of carbonyl (C=O) groups is 1. The lowest BCUT2D eigenvalue weighted by molar-refractivity contribution is -0.385. The summed E-state index contributed by atoms with van der Waals surface area (Å²) < 4.78 is 12.8. The summed E-state index contributed by atoms with van der Waals surface area (Å²) >= 11 is 0. The lowest BCUT2D eigenvalue weighted by Gasteiger charge is -2.11. The van der Waals surface area contributed by atoms with E-state index in [1.165, 1.54) is 12.1 Å². The fourth-order valence-electron chi connectivity index (χ4n) is 3.98. The zero-order chi connectivity index (χ0) is 27.9. The second-order valence-electron chi connectivity index (χ2n) is 8.57. The Morgan fingerprint density at radius 3 is 2.38 bits per heavy atom. The van der Waals surface area contributed by atoms with Crippen LogP contribution < -0.4 is 14.8 Å². The number of hydrogen-bond donors (Lipinski definition) is 1. The van der Waals surface area contributed by atoms with Crippen LogP contribution in [0.4, 0.5) is 5.69 Å². The topological polar surface area (TPSA) is 132 Å². The molecule has 0 unspecified atom stereocenters. The Morgan fingerprint density at radius 1 is 1.10 bits per heavy atom. The summed E-state index contributed by atoms with van der Waals surface area (Å²) in [5.74, 6) is 1.02. The van der Waals surface area contributed by atoms with Crippen LogP contribution in [0.3, 0.4) is 0 Å². The summed E-state index contributed by atoms with van der Waals surface area (Å²) in [6.45, 7) is 4.13. The molecule has 0 saturated heterocycles. The van der Waals surface area contributed by atoms with Gasteiger partial charge in [0.1, 0.15) is 29.3 Å². The van der Waals surface area contributed by atoms with Crippen molar-refractivity contribution in [3.8, 4) is 29.1 Å². The standard InChI is InChI=1S/C29H25N5O5/c1-19-14-22(15-23(16-30)29(35)32-17-21-4-9-26(38-3)10-5-21)20(2)33(19)24-6-11-27(12-7-24)39-28-13-8-25(18-31-28)34(36)37/h4-15,18H,17H2,1-3H3,(H,32,35)/b23-15-. The van der Waals surface area contributed by atoms with Crippen molar-refractivity contribution in [3.63, 3.8) is 0 Å². The van der Waals surface area contributed by atoms with Crippen LogP contribution in [0, 0.1) is 35.3 Å². The summed E-state index contributed by atoms with van der Waals surface area (Å²) in [6.07, 6.45) is 2.72. The number of benzene rings is 2. The maximum atomic E-state index is 12.7. The number of nitriles is 1. The van der Waals surface area contributed by atoms with Crippen LogP contribution in [-0.2, 0) is 11.3 Å². The van der Waals surface area contributed by atoms with Crippen LogP contribution >= 0.6 is 0 Å². The van der Waals surface area contributed by atoms with E-state index in [4.69, 9.17) is 9.47 Å². The molecule has 0 aliphatic carbocycles. The largest absolute Gasteiger partial charge is 0.497 e. The van der Waals surface area contributed by atoms with E-state index in [1.807, 2.05) is 66.9 Å². The molecule has 0 radical (unpaired) electrons. The first-order chi connectivity index (χ1) is 18.8. The van der Waals surface area contributed by atoms with Gasteiger partial charge in [0, 0.05) is 35.8 Å². The highest BCUT2D eigenvalue weighted by molar-refractivity contribution is 6.01. The Hall–Kier alpha value is -5.43. The van der Waals surface area contributed by atoms with Crippen LogP contribution in [-0.4, -0.2) is 27.5 Å². The van der Waals surface area contributed by atoms with Gasteiger partial charge >= 0.3 is 0 Å². The molecule has 2 heterocycles. The molecule has 4 aromatic rings. The van der Waals surface area contributed by atoms with Gasteiger partial charge in [0.15, 0.2) is 0 Å². The van der Waals surface area contributed by atoms with Crippen molar-refractivity contribution in [2.24, 2.45) is 0 Å². The van der Waals surface area contributed by atoms with Crippen LogP contribution in [0.1, 0.15) is 22.5 Å². The third-order valence-corrected chi connectivity index (χ3v) is 6.00. The van der Waals surface area contributed by atoms with Gasteiger partial charge in [-0.25, -0.2) is 4.98 Å².